The molecule has 0 saturated heterocycles. The van der Waals surface area contributed by atoms with Gasteiger partial charge in [-0.3, -0.25) is 0 Å². The third-order valence-corrected chi connectivity index (χ3v) is 5.18. The van der Waals surface area contributed by atoms with Crippen molar-refractivity contribution < 1.29 is 5.11 Å². The lowest BCUT2D eigenvalue weighted by Gasteiger charge is -2.20. The summed E-state index contributed by atoms with van der Waals surface area (Å²) in [6, 6.07) is -0.0927. The Hall–Kier alpha value is -1.41. The van der Waals surface area contributed by atoms with Gasteiger partial charge in [0.2, 0.25) is 5.65 Å². The molecule has 1 atom stereocenters. The monoisotopic (exact) mass is 336 g/mol. The first-order valence-electron chi connectivity index (χ1n) is 8.35. The lowest BCUT2D eigenvalue weighted by atomic mass is 9.88. The first-order chi connectivity index (χ1) is 11.3. The van der Waals surface area contributed by atoms with Gasteiger partial charge in [-0.25, -0.2) is 4.98 Å². The van der Waals surface area contributed by atoms with Gasteiger partial charge in [0, 0.05) is 11.8 Å². The van der Waals surface area contributed by atoms with E-state index in [-0.39, 0.29) is 12.6 Å². The van der Waals surface area contributed by atoms with Crippen molar-refractivity contribution in [3.63, 3.8) is 0 Å². The van der Waals surface area contributed by atoms with Crippen LogP contribution in [0.15, 0.2) is 5.16 Å². The lowest BCUT2D eigenvalue weighted by Crippen LogP contribution is -2.20. The maximum absolute atomic E-state index is 9.22. The number of aromatic nitrogens is 5. The number of aliphatic hydroxyl groups is 1. The Labute approximate surface area is 140 Å². The van der Waals surface area contributed by atoms with Crippen molar-refractivity contribution in [2.75, 3.05) is 17.7 Å². The minimum Gasteiger partial charge on any atom is -0.394 e. The number of aromatic amines is 1. The predicted molar refractivity (Wildman–Crippen MR) is 91.6 cm³/mol. The van der Waals surface area contributed by atoms with E-state index in [9.17, 15) is 5.11 Å². The van der Waals surface area contributed by atoms with Crippen molar-refractivity contribution in [1.82, 2.24) is 25.4 Å². The molecule has 2 heterocycles. The highest BCUT2D eigenvalue weighted by Gasteiger charge is 2.16. The van der Waals surface area contributed by atoms with Crippen LogP contribution in [0.5, 0.6) is 0 Å². The van der Waals surface area contributed by atoms with E-state index >= 15 is 0 Å². The highest BCUT2D eigenvalue weighted by Crippen LogP contribution is 2.29. The van der Waals surface area contributed by atoms with Gasteiger partial charge in [-0.15, -0.1) is 5.10 Å². The topological polar surface area (TPSA) is 99.6 Å². The minimum absolute atomic E-state index is 0.0352. The Morgan fingerprint density at radius 3 is 2.87 bits per heavy atom. The second kappa shape index (κ2) is 7.92. The highest BCUT2D eigenvalue weighted by molar-refractivity contribution is 7.99. The molecular formula is C15H24N6OS. The Kier molecular flexibility index (Phi) is 5.66. The molecule has 2 aromatic heterocycles. The molecule has 0 radical (unpaired) electrons. The molecule has 3 rings (SSSR count). The van der Waals surface area contributed by atoms with Crippen molar-refractivity contribution >= 4 is 28.7 Å². The molecular weight excluding hydrogens is 312 g/mol. The molecule has 3 N–H and O–H groups in total. The summed E-state index contributed by atoms with van der Waals surface area (Å²) in [5.41, 5.74) is 1.18. The zero-order valence-electron chi connectivity index (χ0n) is 13.5. The number of fused-ring (bicyclic) bond motifs is 1. The predicted octanol–water partition coefficient (Wildman–Crippen LogP) is 2.60. The van der Waals surface area contributed by atoms with Crippen molar-refractivity contribution in [3.05, 3.63) is 0 Å². The summed E-state index contributed by atoms with van der Waals surface area (Å²) < 4.78 is 0. The van der Waals surface area contributed by atoms with Crippen molar-refractivity contribution in [2.24, 2.45) is 5.92 Å². The van der Waals surface area contributed by atoms with E-state index in [0.717, 1.165) is 16.8 Å². The Morgan fingerprint density at radius 1 is 1.26 bits per heavy atom. The summed E-state index contributed by atoms with van der Waals surface area (Å²) in [5, 5.41) is 23.8. The molecule has 1 saturated carbocycles. The maximum Gasteiger partial charge on any atom is 0.207 e. The number of hydrogen-bond acceptors (Lipinski definition) is 7. The van der Waals surface area contributed by atoms with Crippen molar-refractivity contribution in [3.8, 4) is 0 Å². The zero-order valence-corrected chi connectivity index (χ0v) is 14.3. The molecule has 1 aliphatic carbocycles. The summed E-state index contributed by atoms with van der Waals surface area (Å²) in [5.74, 6) is 2.52. The summed E-state index contributed by atoms with van der Waals surface area (Å²) >= 11 is 1.67. The van der Waals surface area contributed by atoms with Gasteiger partial charge in [0.25, 0.3) is 0 Å². The van der Waals surface area contributed by atoms with Crippen LogP contribution in [0.2, 0.25) is 0 Å². The summed E-state index contributed by atoms with van der Waals surface area (Å²) in [6.07, 6.45) is 8.11. The zero-order chi connectivity index (χ0) is 16.1. The Bertz CT molecular complexity index is 627. The molecule has 0 spiro atoms. The fraction of sp³-hybridized carbons (Fsp3) is 0.733. The average Bonchev–Trinajstić information content (AvgIpc) is 3.04. The van der Waals surface area contributed by atoms with Gasteiger partial charge in [0.1, 0.15) is 0 Å². The molecule has 23 heavy (non-hydrogen) atoms. The quantitative estimate of drug-likeness (QED) is 0.528. The van der Waals surface area contributed by atoms with E-state index in [0.29, 0.717) is 17.0 Å². The standard InChI is InChI=1S/C15H24N6OS/c1-10(9-22)16-13-12-14(20-21-19-12)18-15(17-13)23-8-7-11-5-3-2-4-6-11/h10-11,22H,2-9H2,1H3,(H2,16,17,18,19,20,21)/t10-/m1/s1. The number of nitrogens with zero attached hydrogens (tertiary/aromatic N) is 4. The number of hydrogen-bond donors (Lipinski definition) is 3. The van der Waals surface area contributed by atoms with Gasteiger partial charge >= 0.3 is 0 Å². The SMILES string of the molecule is C[C@H](CO)Nc1nc(SCCC2CCCCC2)nc2n[nH]nc12. The van der Waals surface area contributed by atoms with Crippen LogP contribution >= 0.6 is 11.8 Å². The van der Waals surface area contributed by atoms with Crippen LogP contribution in [-0.4, -0.2) is 48.9 Å². The van der Waals surface area contributed by atoms with Crippen LogP contribution in [0.1, 0.15) is 45.4 Å². The van der Waals surface area contributed by atoms with Gasteiger partial charge in [-0.05, 0) is 19.3 Å². The van der Waals surface area contributed by atoms with Gasteiger partial charge < -0.3 is 10.4 Å². The van der Waals surface area contributed by atoms with E-state index in [2.05, 4.69) is 30.7 Å². The molecule has 0 aromatic carbocycles. The van der Waals surface area contributed by atoms with E-state index in [4.69, 9.17) is 0 Å². The molecule has 2 aromatic rings. The molecule has 0 unspecified atom stereocenters. The van der Waals surface area contributed by atoms with Crippen molar-refractivity contribution in [1.29, 1.82) is 0 Å². The summed E-state index contributed by atoms with van der Waals surface area (Å²) in [4.78, 5) is 9.01. The van der Waals surface area contributed by atoms with Crippen LogP contribution in [0.25, 0.3) is 11.2 Å². The summed E-state index contributed by atoms with van der Waals surface area (Å²) in [7, 11) is 0. The van der Waals surface area contributed by atoms with Crippen LogP contribution < -0.4 is 5.32 Å². The number of anilines is 1. The van der Waals surface area contributed by atoms with Gasteiger partial charge in [-0.1, -0.05) is 43.9 Å². The van der Waals surface area contributed by atoms with Gasteiger partial charge in [-0.2, -0.15) is 15.3 Å². The van der Waals surface area contributed by atoms with E-state index in [1.807, 2.05) is 6.92 Å². The van der Waals surface area contributed by atoms with Crippen LogP contribution in [-0.2, 0) is 0 Å². The molecule has 1 fully saturated rings. The molecule has 0 aliphatic heterocycles. The Morgan fingerprint density at radius 2 is 2.09 bits per heavy atom. The molecule has 7 nitrogen and oxygen atoms in total. The largest absolute Gasteiger partial charge is 0.394 e. The summed E-state index contributed by atoms with van der Waals surface area (Å²) in [6.45, 7) is 1.93. The number of rotatable bonds is 7. The number of nitrogens with one attached hydrogen (secondary N) is 2. The second-order valence-electron chi connectivity index (χ2n) is 6.22. The smallest absolute Gasteiger partial charge is 0.207 e. The maximum atomic E-state index is 9.22. The second-order valence-corrected chi connectivity index (χ2v) is 7.28. The molecule has 1 aliphatic rings. The molecule has 0 bridgehead atoms. The highest BCUT2D eigenvalue weighted by atomic mass is 32.2. The fourth-order valence-electron chi connectivity index (χ4n) is 2.96. The van der Waals surface area contributed by atoms with Gasteiger partial charge in [0.15, 0.2) is 16.5 Å². The first-order valence-corrected chi connectivity index (χ1v) is 9.33. The number of thioether (sulfide) groups is 1. The third kappa shape index (κ3) is 4.32. The minimum atomic E-state index is -0.0927. The van der Waals surface area contributed by atoms with E-state index < -0.39 is 0 Å². The van der Waals surface area contributed by atoms with Crippen LogP contribution in [0.4, 0.5) is 5.82 Å². The number of aliphatic hydroxyl groups excluding tert-OH is 1. The first kappa shape index (κ1) is 16.4. The number of H-pyrrole nitrogens is 1. The Balaban J connectivity index is 1.65. The van der Waals surface area contributed by atoms with Crippen LogP contribution in [0.3, 0.4) is 0 Å². The lowest BCUT2D eigenvalue weighted by molar-refractivity contribution is 0.281. The van der Waals surface area contributed by atoms with E-state index in [1.165, 1.54) is 38.5 Å². The average molecular weight is 336 g/mol. The van der Waals surface area contributed by atoms with Gasteiger partial charge in [0.05, 0.1) is 6.61 Å². The van der Waals surface area contributed by atoms with Crippen molar-refractivity contribution in [2.45, 2.75) is 56.6 Å². The molecule has 8 heteroatoms. The van der Waals surface area contributed by atoms with Crippen LogP contribution in [0, 0.1) is 5.92 Å². The normalized spacial score (nSPS) is 17.5. The third-order valence-electron chi connectivity index (χ3n) is 4.30. The fourth-order valence-corrected chi connectivity index (χ4v) is 3.90. The molecule has 0 amide bonds. The molecule has 126 valence electrons. The van der Waals surface area contributed by atoms with E-state index in [1.54, 1.807) is 11.8 Å².